The van der Waals surface area contributed by atoms with E-state index in [0.29, 0.717) is 5.41 Å². The Labute approximate surface area is 99.4 Å². The van der Waals surface area contributed by atoms with Crippen molar-refractivity contribution in [3.8, 4) is 0 Å². The Morgan fingerprint density at radius 3 is 2.50 bits per heavy atom. The van der Waals surface area contributed by atoms with Gasteiger partial charge in [-0.05, 0) is 65.6 Å². The zero-order chi connectivity index (χ0) is 10.0. The lowest BCUT2D eigenvalue weighted by Crippen LogP contribution is -2.38. The number of hydrogen-bond acceptors (Lipinski definition) is 1. The third-order valence-electron chi connectivity index (χ3n) is 3.23. The normalized spacial score (nSPS) is 20.7. The summed E-state index contributed by atoms with van der Waals surface area (Å²) in [6, 6.07) is 8.77. The van der Waals surface area contributed by atoms with Crippen LogP contribution < -0.4 is 5.32 Å². The summed E-state index contributed by atoms with van der Waals surface area (Å²) < 4.78 is 1.41. The van der Waals surface area contributed by atoms with E-state index >= 15 is 0 Å². The number of piperidine rings is 1. The molecule has 1 aliphatic rings. The van der Waals surface area contributed by atoms with Crippen LogP contribution in [0.25, 0.3) is 0 Å². The number of benzene rings is 1. The Balaban J connectivity index is 2.32. The van der Waals surface area contributed by atoms with Gasteiger partial charge in [-0.25, -0.2) is 0 Å². The third kappa shape index (κ3) is 1.96. The lowest BCUT2D eigenvalue weighted by atomic mass is 9.75. The van der Waals surface area contributed by atoms with Crippen LogP contribution in [0.1, 0.15) is 25.3 Å². The molecule has 0 amide bonds. The monoisotopic (exact) mass is 301 g/mol. The van der Waals surface area contributed by atoms with E-state index in [-0.39, 0.29) is 0 Å². The van der Waals surface area contributed by atoms with Crippen molar-refractivity contribution in [3.05, 3.63) is 33.4 Å². The maximum Gasteiger partial charge on any atom is 0.0167 e. The maximum atomic E-state index is 3.43. The number of rotatable bonds is 1. The highest BCUT2D eigenvalue weighted by Crippen LogP contribution is 2.35. The summed E-state index contributed by atoms with van der Waals surface area (Å²) in [5.74, 6) is 0. The van der Waals surface area contributed by atoms with Gasteiger partial charge in [0.15, 0.2) is 0 Å². The van der Waals surface area contributed by atoms with Crippen LogP contribution in [0.15, 0.2) is 24.3 Å². The second kappa shape index (κ2) is 4.19. The van der Waals surface area contributed by atoms with Crippen molar-refractivity contribution < 1.29 is 0 Å². The fourth-order valence-electron chi connectivity index (χ4n) is 2.20. The second-order valence-electron chi connectivity index (χ2n) is 4.29. The molecule has 1 aromatic carbocycles. The first-order chi connectivity index (χ1) is 6.72. The molecule has 1 nitrogen and oxygen atoms in total. The molecule has 1 aliphatic heterocycles. The Morgan fingerprint density at radius 1 is 1.21 bits per heavy atom. The summed E-state index contributed by atoms with van der Waals surface area (Å²) in [7, 11) is 0. The molecular formula is C12H16IN. The largest absolute Gasteiger partial charge is 0.317 e. The van der Waals surface area contributed by atoms with Crippen LogP contribution in [0.2, 0.25) is 0 Å². The Bertz CT molecular complexity index is 316. The smallest absolute Gasteiger partial charge is 0.0167 e. The average molecular weight is 301 g/mol. The van der Waals surface area contributed by atoms with Crippen molar-refractivity contribution in [2.24, 2.45) is 0 Å². The first-order valence-corrected chi connectivity index (χ1v) is 6.26. The van der Waals surface area contributed by atoms with Gasteiger partial charge in [-0.3, -0.25) is 0 Å². The SMILES string of the molecule is CC1(c2ccccc2I)CCNCC1. The molecule has 1 saturated heterocycles. The van der Waals surface area contributed by atoms with Crippen LogP contribution in [0.5, 0.6) is 0 Å². The quantitative estimate of drug-likeness (QED) is 0.787. The topological polar surface area (TPSA) is 12.0 Å². The fraction of sp³-hybridized carbons (Fsp3) is 0.500. The van der Waals surface area contributed by atoms with Gasteiger partial charge in [0.05, 0.1) is 0 Å². The highest BCUT2D eigenvalue weighted by Gasteiger charge is 2.29. The summed E-state index contributed by atoms with van der Waals surface area (Å²) >= 11 is 2.45. The molecule has 76 valence electrons. The van der Waals surface area contributed by atoms with Crippen molar-refractivity contribution in [2.45, 2.75) is 25.2 Å². The maximum absolute atomic E-state index is 3.43. The molecule has 1 fully saturated rings. The van der Waals surface area contributed by atoms with Crippen molar-refractivity contribution in [3.63, 3.8) is 0 Å². The molecule has 2 rings (SSSR count). The standard InChI is InChI=1S/C12H16IN/c1-12(6-8-14-9-7-12)10-4-2-3-5-11(10)13/h2-5,14H,6-9H2,1H3. The minimum absolute atomic E-state index is 0.392. The molecule has 0 unspecified atom stereocenters. The number of nitrogens with one attached hydrogen (secondary N) is 1. The van der Waals surface area contributed by atoms with Gasteiger partial charge < -0.3 is 5.32 Å². The van der Waals surface area contributed by atoms with Gasteiger partial charge in [0.25, 0.3) is 0 Å². The fourth-order valence-corrected chi connectivity index (χ4v) is 3.24. The van der Waals surface area contributed by atoms with Crippen molar-refractivity contribution in [1.29, 1.82) is 0 Å². The number of hydrogen-bond donors (Lipinski definition) is 1. The molecule has 1 N–H and O–H groups in total. The summed E-state index contributed by atoms with van der Waals surface area (Å²) in [4.78, 5) is 0. The van der Waals surface area contributed by atoms with E-state index < -0.39 is 0 Å². The summed E-state index contributed by atoms with van der Waals surface area (Å²) in [5, 5.41) is 3.43. The average Bonchev–Trinajstić information content (AvgIpc) is 2.19. The Kier molecular flexibility index (Phi) is 3.12. The van der Waals surface area contributed by atoms with E-state index in [2.05, 4.69) is 59.1 Å². The van der Waals surface area contributed by atoms with E-state index in [4.69, 9.17) is 0 Å². The van der Waals surface area contributed by atoms with Gasteiger partial charge >= 0.3 is 0 Å². The zero-order valence-electron chi connectivity index (χ0n) is 8.52. The molecule has 1 aromatic rings. The van der Waals surface area contributed by atoms with Crippen molar-refractivity contribution >= 4 is 22.6 Å². The van der Waals surface area contributed by atoms with Crippen LogP contribution in [0.3, 0.4) is 0 Å². The molecule has 0 radical (unpaired) electrons. The first-order valence-electron chi connectivity index (χ1n) is 5.18. The van der Waals surface area contributed by atoms with E-state index in [1.807, 2.05) is 0 Å². The molecular weight excluding hydrogens is 285 g/mol. The Hall–Kier alpha value is -0.0900. The predicted molar refractivity (Wildman–Crippen MR) is 68.6 cm³/mol. The van der Waals surface area contributed by atoms with Gasteiger partial charge in [-0.2, -0.15) is 0 Å². The summed E-state index contributed by atoms with van der Waals surface area (Å²) in [6.07, 6.45) is 2.51. The van der Waals surface area contributed by atoms with Gasteiger partial charge in [-0.1, -0.05) is 25.1 Å². The molecule has 0 bridgehead atoms. The Morgan fingerprint density at radius 2 is 1.86 bits per heavy atom. The minimum atomic E-state index is 0.392. The van der Waals surface area contributed by atoms with Crippen molar-refractivity contribution in [2.75, 3.05) is 13.1 Å². The minimum Gasteiger partial charge on any atom is -0.317 e. The first kappa shape index (κ1) is 10.4. The molecule has 14 heavy (non-hydrogen) atoms. The molecule has 0 saturated carbocycles. The van der Waals surface area contributed by atoms with Crippen molar-refractivity contribution in [1.82, 2.24) is 5.32 Å². The number of halogens is 1. The van der Waals surface area contributed by atoms with Crippen LogP contribution in [0.4, 0.5) is 0 Å². The molecule has 0 aliphatic carbocycles. The van der Waals surface area contributed by atoms with E-state index in [9.17, 15) is 0 Å². The second-order valence-corrected chi connectivity index (χ2v) is 5.45. The summed E-state index contributed by atoms with van der Waals surface area (Å²) in [6.45, 7) is 4.70. The molecule has 1 heterocycles. The van der Waals surface area contributed by atoms with Gasteiger partial charge in [0, 0.05) is 3.57 Å². The van der Waals surface area contributed by atoms with Gasteiger partial charge in [-0.15, -0.1) is 0 Å². The van der Waals surface area contributed by atoms with Crippen LogP contribution in [-0.4, -0.2) is 13.1 Å². The van der Waals surface area contributed by atoms with Gasteiger partial charge in [0.2, 0.25) is 0 Å². The molecule has 0 spiro atoms. The van der Waals surface area contributed by atoms with E-state index in [1.54, 1.807) is 0 Å². The lowest BCUT2D eigenvalue weighted by molar-refractivity contribution is 0.334. The van der Waals surface area contributed by atoms with E-state index in [0.717, 1.165) is 13.1 Å². The molecule has 0 aromatic heterocycles. The summed E-state index contributed by atoms with van der Waals surface area (Å²) in [5.41, 5.74) is 1.92. The van der Waals surface area contributed by atoms with Crippen LogP contribution in [0, 0.1) is 3.57 Å². The lowest BCUT2D eigenvalue weighted by Gasteiger charge is -2.35. The molecule has 0 atom stereocenters. The van der Waals surface area contributed by atoms with E-state index in [1.165, 1.54) is 22.0 Å². The van der Waals surface area contributed by atoms with Gasteiger partial charge in [0.1, 0.15) is 0 Å². The predicted octanol–water partition coefficient (Wildman–Crippen LogP) is 2.93. The highest BCUT2D eigenvalue weighted by atomic mass is 127. The zero-order valence-corrected chi connectivity index (χ0v) is 10.7. The van der Waals surface area contributed by atoms with Crippen LogP contribution >= 0.6 is 22.6 Å². The van der Waals surface area contributed by atoms with Crippen LogP contribution in [-0.2, 0) is 5.41 Å². The molecule has 2 heteroatoms. The highest BCUT2D eigenvalue weighted by molar-refractivity contribution is 14.1. The third-order valence-corrected chi connectivity index (χ3v) is 4.17.